The van der Waals surface area contributed by atoms with Gasteiger partial charge in [-0.25, -0.2) is 9.97 Å². The van der Waals surface area contributed by atoms with E-state index in [0.29, 0.717) is 5.69 Å². The van der Waals surface area contributed by atoms with Gasteiger partial charge < -0.3 is 10.2 Å². The molecule has 2 aromatic rings. The fourth-order valence-corrected chi connectivity index (χ4v) is 2.46. The van der Waals surface area contributed by atoms with Gasteiger partial charge >= 0.3 is 0 Å². The summed E-state index contributed by atoms with van der Waals surface area (Å²) >= 11 is 0. The van der Waals surface area contributed by atoms with Crippen LogP contribution in [0.1, 0.15) is 24.1 Å². The Morgan fingerprint density at radius 3 is 2.76 bits per heavy atom. The van der Waals surface area contributed by atoms with Crippen LogP contribution in [0.2, 0.25) is 0 Å². The van der Waals surface area contributed by atoms with Crippen LogP contribution in [0.5, 0.6) is 0 Å². The normalized spacial score (nSPS) is 14.0. The van der Waals surface area contributed by atoms with Crippen LogP contribution in [0.4, 0.5) is 11.5 Å². The summed E-state index contributed by atoms with van der Waals surface area (Å²) in [4.78, 5) is 10.8. The first-order chi connectivity index (χ1) is 10.3. The van der Waals surface area contributed by atoms with E-state index < -0.39 is 0 Å². The summed E-state index contributed by atoms with van der Waals surface area (Å²) in [6.07, 6.45) is 6.05. The number of hydrogen-bond acceptors (Lipinski definition) is 5. The van der Waals surface area contributed by atoms with Gasteiger partial charge in [0.05, 0.1) is 11.9 Å². The molecule has 1 saturated heterocycles. The van der Waals surface area contributed by atoms with E-state index in [-0.39, 0.29) is 0 Å². The zero-order chi connectivity index (χ0) is 14.5. The molecule has 0 aromatic carbocycles. The lowest BCUT2D eigenvalue weighted by atomic mass is 10.2. The molecule has 0 saturated carbocycles. The number of pyridine rings is 2. The highest BCUT2D eigenvalue weighted by Gasteiger charge is 2.13. The fraction of sp³-hybridized carbons (Fsp3) is 0.312. The SMILES string of the molecule is N#Cc1ccc(NCc2ccnc(N3CCCC3)c2)cn1. The zero-order valence-corrected chi connectivity index (χ0v) is 11.8. The van der Waals surface area contributed by atoms with E-state index in [4.69, 9.17) is 5.26 Å². The molecule has 3 rings (SSSR count). The molecular weight excluding hydrogens is 262 g/mol. The molecule has 2 aromatic heterocycles. The molecule has 106 valence electrons. The van der Waals surface area contributed by atoms with Crippen molar-refractivity contribution in [3.05, 3.63) is 47.9 Å². The maximum Gasteiger partial charge on any atom is 0.140 e. The van der Waals surface area contributed by atoms with Crippen molar-refractivity contribution in [2.24, 2.45) is 0 Å². The van der Waals surface area contributed by atoms with Gasteiger partial charge in [-0.05, 0) is 42.7 Å². The Balaban J connectivity index is 1.64. The fourth-order valence-electron chi connectivity index (χ4n) is 2.46. The predicted molar refractivity (Wildman–Crippen MR) is 82.0 cm³/mol. The Morgan fingerprint density at radius 1 is 1.19 bits per heavy atom. The van der Waals surface area contributed by atoms with Crippen LogP contribution in [0.15, 0.2) is 36.7 Å². The molecule has 0 spiro atoms. The standard InChI is InChI=1S/C16H17N5/c17-10-14-3-4-15(12-20-14)19-11-13-5-6-18-16(9-13)21-7-1-2-8-21/h3-6,9,12,19H,1-2,7-8,11H2. The lowest BCUT2D eigenvalue weighted by Gasteiger charge is -2.17. The van der Waals surface area contributed by atoms with Crippen molar-refractivity contribution in [2.75, 3.05) is 23.3 Å². The number of anilines is 2. The lowest BCUT2D eigenvalue weighted by Crippen LogP contribution is -2.19. The van der Waals surface area contributed by atoms with Crippen LogP contribution in [-0.4, -0.2) is 23.1 Å². The first-order valence-corrected chi connectivity index (χ1v) is 7.15. The van der Waals surface area contributed by atoms with Crippen LogP contribution in [-0.2, 0) is 6.54 Å². The summed E-state index contributed by atoms with van der Waals surface area (Å²) in [6.45, 7) is 2.92. The molecule has 3 heterocycles. The highest BCUT2D eigenvalue weighted by molar-refractivity contribution is 5.46. The third kappa shape index (κ3) is 3.29. The maximum atomic E-state index is 8.73. The Hall–Kier alpha value is -2.61. The summed E-state index contributed by atoms with van der Waals surface area (Å²) in [7, 11) is 0. The minimum absolute atomic E-state index is 0.431. The van der Waals surface area contributed by atoms with Crippen LogP contribution in [0.3, 0.4) is 0 Å². The van der Waals surface area contributed by atoms with E-state index in [9.17, 15) is 0 Å². The third-order valence-electron chi connectivity index (χ3n) is 3.61. The first kappa shape index (κ1) is 13.4. The predicted octanol–water partition coefficient (Wildman–Crippen LogP) is 2.56. The number of aromatic nitrogens is 2. The van der Waals surface area contributed by atoms with Crippen LogP contribution in [0.25, 0.3) is 0 Å². The van der Waals surface area contributed by atoms with Crippen LogP contribution in [0, 0.1) is 11.3 Å². The third-order valence-corrected chi connectivity index (χ3v) is 3.61. The average molecular weight is 279 g/mol. The molecular formula is C16H17N5. The highest BCUT2D eigenvalue weighted by Crippen LogP contribution is 2.19. The van der Waals surface area contributed by atoms with Crippen molar-refractivity contribution < 1.29 is 0 Å². The van der Waals surface area contributed by atoms with Crippen LogP contribution < -0.4 is 10.2 Å². The summed E-state index contributed by atoms with van der Waals surface area (Å²) in [5.41, 5.74) is 2.53. The number of nitriles is 1. The summed E-state index contributed by atoms with van der Waals surface area (Å²) < 4.78 is 0. The van der Waals surface area contributed by atoms with E-state index in [1.54, 1.807) is 12.3 Å². The second-order valence-electron chi connectivity index (χ2n) is 5.11. The van der Waals surface area contributed by atoms with Crippen LogP contribution >= 0.6 is 0 Å². The number of rotatable bonds is 4. The van der Waals surface area contributed by atoms with E-state index in [1.165, 1.54) is 18.4 Å². The van der Waals surface area contributed by atoms with Gasteiger partial charge in [0.2, 0.25) is 0 Å². The molecule has 1 N–H and O–H groups in total. The summed E-state index contributed by atoms with van der Waals surface area (Å²) in [6, 6.07) is 9.75. The molecule has 21 heavy (non-hydrogen) atoms. The second kappa shape index (κ2) is 6.23. The van der Waals surface area contributed by atoms with Gasteiger partial charge in [0, 0.05) is 25.8 Å². The van der Waals surface area contributed by atoms with Gasteiger partial charge in [0.25, 0.3) is 0 Å². The molecule has 0 amide bonds. The molecule has 0 unspecified atom stereocenters. The molecule has 1 fully saturated rings. The quantitative estimate of drug-likeness (QED) is 0.931. The van der Waals surface area contributed by atoms with Crippen molar-refractivity contribution in [2.45, 2.75) is 19.4 Å². The monoisotopic (exact) mass is 279 g/mol. The summed E-state index contributed by atoms with van der Waals surface area (Å²) in [5, 5.41) is 12.0. The Kier molecular flexibility index (Phi) is 3.97. The van der Waals surface area contributed by atoms with Crippen molar-refractivity contribution in [3.63, 3.8) is 0 Å². The second-order valence-corrected chi connectivity index (χ2v) is 5.11. The van der Waals surface area contributed by atoms with Crippen molar-refractivity contribution in [1.29, 1.82) is 5.26 Å². The van der Waals surface area contributed by atoms with Crippen molar-refractivity contribution in [1.82, 2.24) is 9.97 Å². The van der Waals surface area contributed by atoms with E-state index in [2.05, 4.69) is 26.3 Å². The molecule has 5 nitrogen and oxygen atoms in total. The van der Waals surface area contributed by atoms with E-state index in [1.807, 2.05) is 24.4 Å². The van der Waals surface area contributed by atoms with Gasteiger partial charge in [0.15, 0.2) is 0 Å². The van der Waals surface area contributed by atoms with Gasteiger partial charge in [-0.3, -0.25) is 0 Å². The molecule has 1 aliphatic heterocycles. The minimum Gasteiger partial charge on any atom is -0.380 e. The van der Waals surface area contributed by atoms with Gasteiger partial charge in [-0.1, -0.05) is 0 Å². The molecule has 5 heteroatoms. The summed E-state index contributed by atoms with van der Waals surface area (Å²) in [5.74, 6) is 1.06. The molecule has 0 atom stereocenters. The number of nitrogens with zero attached hydrogens (tertiary/aromatic N) is 4. The van der Waals surface area contributed by atoms with Crippen molar-refractivity contribution in [3.8, 4) is 6.07 Å². The smallest absolute Gasteiger partial charge is 0.140 e. The largest absolute Gasteiger partial charge is 0.380 e. The number of hydrogen-bond donors (Lipinski definition) is 1. The lowest BCUT2D eigenvalue weighted by molar-refractivity contribution is 0.931. The molecule has 0 radical (unpaired) electrons. The Bertz CT molecular complexity index is 638. The molecule has 0 aliphatic carbocycles. The topological polar surface area (TPSA) is 64.8 Å². The molecule has 0 bridgehead atoms. The maximum absolute atomic E-state index is 8.73. The highest BCUT2D eigenvalue weighted by atomic mass is 15.2. The Labute approximate surface area is 124 Å². The molecule has 1 aliphatic rings. The first-order valence-electron chi connectivity index (χ1n) is 7.15. The van der Waals surface area contributed by atoms with Gasteiger partial charge in [-0.2, -0.15) is 5.26 Å². The average Bonchev–Trinajstić information content (AvgIpc) is 3.08. The van der Waals surface area contributed by atoms with E-state index >= 15 is 0 Å². The van der Waals surface area contributed by atoms with Gasteiger partial charge in [0.1, 0.15) is 17.6 Å². The Morgan fingerprint density at radius 2 is 2.05 bits per heavy atom. The number of nitrogens with one attached hydrogen (secondary N) is 1. The zero-order valence-electron chi connectivity index (χ0n) is 11.8. The minimum atomic E-state index is 0.431. The van der Waals surface area contributed by atoms with Gasteiger partial charge in [-0.15, -0.1) is 0 Å². The van der Waals surface area contributed by atoms with Crippen molar-refractivity contribution >= 4 is 11.5 Å². The van der Waals surface area contributed by atoms with E-state index in [0.717, 1.165) is 31.1 Å².